The molecule has 0 saturated heterocycles. The monoisotopic (exact) mass is 218 g/mol. The lowest BCUT2D eigenvalue weighted by Crippen LogP contribution is -2.15. The van der Waals surface area contributed by atoms with Crippen LogP contribution in [0.4, 0.5) is 0 Å². The molecule has 16 heavy (non-hydrogen) atoms. The third kappa shape index (κ3) is 3.48. The first-order valence-corrected chi connectivity index (χ1v) is 6.31. The maximum Gasteiger partial charge on any atom is 0.136 e. The molecule has 0 aliphatic carbocycles. The average molecular weight is 218 g/mol. The Balaban J connectivity index is 2.66. The van der Waals surface area contributed by atoms with Crippen LogP contribution in [0.2, 0.25) is 0 Å². The first-order valence-electron chi connectivity index (χ1n) is 6.31. The van der Waals surface area contributed by atoms with Gasteiger partial charge in [-0.2, -0.15) is 0 Å². The van der Waals surface area contributed by atoms with Crippen molar-refractivity contribution in [3.63, 3.8) is 0 Å². The van der Waals surface area contributed by atoms with E-state index in [2.05, 4.69) is 38.1 Å². The fourth-order valence-corrected chi connectivity index (χ4v) is 1.97. The van der Waals surface area contributed by atoms with Crippen LogP contribution in [0.3, 0.4) is 0 Å². The molecule has 0 fully saturated rings. The fraction of sp³-hybridized carbons (Fsp3) is 0.533. The van der Waals surface area contributed by atoms with Crippen LogP contribution in [0.5, 0.6) is 0 Å². The molecular formula is C15H22O. The van der Waals surface area contributed by atoms with Crippen molar-refractivity contribution in [1.29, 1.82) is 0 Å². The molecule has 0 amide bonds. The Bertz CT molecular complexity index is 324. The Hall–Kier alpha value is -1.11. The van der Waals surface area contributed by atoms with Crippen molar-refractivity contribution in [2.45, 2.75) is 46.5 Å². The Labute approximate surface area is 98.9 Å². The van der Waals surface area contributed by atoms with Gasteiger partial charge in [0.1, 0.15) is 5.78 Å². The van der Waals surface area contributed by atoms with Crippen LogP contribution < -0.4 is 0 Å². The molecule has 0 heterocycles. The van der Waals surface area contributed by atoms with Gasteiger partial charge in [-0.3, -0.25) is 4.79 Å². The largest absolute Gasteiger partial charge is 0.299 e. The minimum Gasteiger partial charge on any atom is -0.299 e. The van der Waals surface area contributed by atoms with Gasteiger partial charge in [0.05, 0.1) is 0 Å². The summed E-state index contributed by atoms with van der Waals surface area (Å²) >= 11 is 0. The smallest absolute Gasteiger partial charge is 0.136 e. The van der Waals surface area contributed by atoms with E-state index in [1.165, 1.54) is 11.1 Å². The topological polar surface area (TPSA) is 17.1 Å². The number of Topliss-reactive ketones (excluding diaryl/α,β-unsaturated/α-hetero) is 1. The molecular weight excluding hydrogens is 196 g/mol. The summed E-state index contributed by atoms with van der Waals surface area (Å²) < 4.78 is 0. The van der Waals surface area contributed by atoms with Crippen molar-refractivity contribution < 1.29 is 4.79 Å². The van der Waals surface area contributed by atoms with Crippen molar-refractivity contribution >= 4 is 5.78 Å². The maximum absolute atomic E-state index is 11.7. The summed E-state index contributed by atoms with van der Waals surface area (Å²) in [6.45, 7) is 6.20. The van der Waals surface area contributed by atoms with Crippen LogP contribution in [-0.4, -0.2) is 5.78 Å². The molecule has 0 saturated carbocycles. The van der Waals surface area contributed by atoms with Crippen LogP contribution in [0.25, 0.3) is 0 Å². The summed E-state index contributed by atoms with van der Waals surface area (Å²) in [5, 5.41) is 0. The number of hydrogen-bond acceptors (Lipinski definition) is 1. The highest BCUT2D eigenvalue weighted by atomic mass is 16.1. The summed E-state index contributed by atoms with van der Waals surface area (Å²) in [5.74, 6) is 0.597. The predicted molar refractivity (Wildman–Crippen MR) is 68.6 cm³/mol. The third-order valence-corrected chi connectivity index (χ3v) is 3.21. The number of benzene rings is 1. The van der Waals surface area contributed by atoms with Gasteiger partial charge in [-0.15, -0.1) is 0 Å². The normalized spacial score (nSPS) is 12.4. The van der Waals surface area contributed by atoms with Crippen LogP contribution in [0.1, 0.15) is 44.7 Å². The summed E-state index contributed by atoms with van der Waals surface area (Å²) in [5.41, 5.74) is 2.64. The van der Waals surface area contributed by atoms with Crippen molar-refractivity contribution in [1.82, 2.24) is 0 Å². The molecule has 0 radical (unpaired) electrons. The first kappa shape index (κ1) is 13.0. The molecule has 1 aromatic carbocycles. The van der Waals surface area contributed by atoms with E-state index in [0.29, 0.717) is 12.2 Å². The lowest BCUT2D eigenvalue weighted by molar-refractivity contribution is -0.122. The molecule has 1 atom stereocenters. The van der Waals surface area contributed by atoms with Gasteiger partial charge in [0.15, 0.2) is 0 Å². The molecule has 0 aliphatic heterocycles. The van der Waals surface area contributed by atoms with Gasteiger partial charge in [0.25, 0.3) is 0 Å². The SMILES string of the molecule is CCC(=O)C(CC)Cc1ccc(CC)cc1. The van der Waals surface area contributed by atoms with E-state index in [9.17, 15) is 4.79 Å². The molecule has 0 spiro atoms. The van der Waals surface area contributed by atoms with Gasteiger partial charge in [0, 0.05) is 12.3 Å². The molecule has 88 valence electrons. The highest BCUT2D eigenvalue weighted by Crippen LogP contribution is 2.15. The van der Waals surface area contributed by atoms with Gasteiger partial charge >= 0.3 is 0 Å². The Kier molecular flexibility index (Phi) is 5.24. The van der Waals surface area contributed by atoms with Crippen LogP contribution in [0, 0.1) is 5.92 Å². The number of aryl methyl sites for hydroxylation is 1. The summed E-state index contributed by atoms with van der Waals surface area (Å²) in [6.07, 6.45) is 3.58. The van der Waals surface area contributed by atoms with Crippen molar-refractivity contribution in [2.75, 3.05) is 0 Å². The number of carbonyl (C=O) groups is 1. The maximum atomic E-state index is 11.7. The zero-order valence-corrected chi connectivity index (χ0v) is 10.6. The minimum absolute atomic E-state index is 0.206. The van der Waals surface area contributed by atoms with E-state index < -0.39 is 0 Å². The standard InChI is InChI=1S/C15H22O/c1-4-12-7-9-13(10-8-12)11-14(5-2)15(16)6-3/h7-10,14H,4-6,11H2,1-3H3. The van der Waals surface area contributed by atoms with Crippen LogP contribution in [-0.2, 0) is 17.6 Å². The highest BCUT2D eigenvalue weighted by Gasteiger charge is 2.14. The molecule has 1 unspecified atom stereocenters. The van der Waals surface area contributed by atoms with Crippen LogP contribution >= 0.6 is 0 Å². The Morgan fingerprint density at radius 2 is 1.62 bits per heavy atom. The van der Waals surface area contributed by atoms with Crippen molar-refractivity contribution in [3.05, 3.63) is 35.4 Å². The molecule has 0 aromatic heterocycles. The van der Waals surface area contributed by atoms with Gasteiger partial charge < -0.3 is 0 Å². The second kappa shape index (κ2) is 6.47. The first-order chi connectivity index (χ1) is 7.71. The number of hydrogen-bond donors (Lipinski definition) is 0. The van der Waals surface area contributed by atoms with E-state index in [1.807, 2.05) is 6.92 Å². The van der Waals surface area contributed by atoms with Crippen molar-refractivity contribution in [3.8, 4) is 0 Å². The second-order valence-corrected chi connectivity index (χ2v) is 4.30. The molecule has 0 bridgehead atoms. The second-order valence-electron chi connectivity index (χ2n) is 4.30. The van der Waals surface area contributed by atoms with E-state index >= 15 is 0 Å². The number of carbonyl (C=O) groups excluding carboxylic acids is 1. The zero-order valence-electron chi connectivity index (χ0n) is 10.6. The summed E-state index contributed by atoms with van der Waals surface area (Å²) in [6, 6.07) is 8.64. The lowest BCUT2D eigenvalue weighted by Gasteiger charge is -2.12. The number of rotatable bonds is 6. The van der Waals surface area contributed by atoms with Gasteiger partial charge in [0.2, 0.25) is 0 Å². The molecule has 1 nitrogen and oxygen atoms in total. The van der Waals surface area contributed by atoms with E-state index in [0.717, 1.165) is 19.3 Å². The molecule has 1 rings (SSSR count). The van der Waals surface area contributed by atoms with Crippen LogP contribution in [0.15, 0.2) is 24.3 Å². The van der Waals surface area contributed by atoms with Gasteiger partial charge in [-0.05, 0) is 30.4 Å². The minimum atomic E-state index is 0.206. The third-order valence-electron chi connectivity index (χ3n) is 3.21. The molecule has 1 heteroatoms. The molecule has 0 N–H and O–H groups in total. The Morgan fingerprint density at radius 3 is 2.06 bits per heavy atom. The van der Waals surface area contributed by atoms with E-state index in [4.69, 9.17) is 0 Å². The molecule has 1 aromatic rings. The fourth-order valence-electron chi connectivity index (χ4n) is 1.97. The lowest BCUT2D eigenvalue weighted by atomic mass is 9.91. The zero-order chi connectivity index (χ0) is 12.0. The number of ketones is 1. The average Bonchev–Trinajstić information content (AvgIpc) is 2.35. The predicted octanol–water partition coefficient (Wildman–Crippen LogP) is 3.80. The molecule has 0 aliphatic rings. The van der Waals surface area contributed by atoms with Crippen molar-refractivity contribution in [2.24, 2.45) is 5.92 Å². The van der Waals surface area contributed by atoms with E-state index in [-0.39, 0.29) is 5.92 Å². The van der Waals surface area contributed by atoms with E-state index in [1.54, 1.807) is 0 Å². The van der Waals surface area contributed by atoms with Gasteiger partial charge in [-0.1, -0.05) is 45.0 Å². The summed E-state index contributed by atoms with van der Waals surface area (Å²) in [7, 11) is 0. The quantitative estimate of drug-likeness (QED) is 0.710. The highest BCUT2D eigenvalue weighted by molar-refractivity contribution is 5.80. The Morgan fingerprint density at radius 1 is 1.06 bits per heavy atom. The summed E-state index contributed by atoms with van der Waals surface area (Å²) in [4.78, 5) is 11.7. The van der Waals surface area contributed by atoms with Gasteiger partial charge in [-0.25, -0.2) is 0 Å².